The summed E-state index contributed by atoms with van der Waals surface area (Å²) in [5.74, 6) is 2.46. The van der Waals surface area contributed by atoms with Gasteiger partial charge in [0.15, 0.2) is 11.6 Å². The summed E-state index contributed by atoms with van der Waals surface area (Å²) in [6.45, 7) is 2.14. The van der Waals surface area contributed by atoms with Crippen LogP contribution in [0.25, 0.3) is 17.3 Å². The van der Waals surface area contributed by atoms with E-state index in [0.29, 0.717) is 29.2 Å². The van der Waals surface area contributed by atoms with Crippen molar-refractivity contribution in [1.29, 1.82) is 0 Å². The quantitative estimate of drug-likeness (QED) is 0.526. The second-order valence-corrected chi connectivity index (χ2v) is 7.40. The molecule has 158 valence electrons. The third kappa shape index (κ3) is 3.33. The second kappa shape index (κ2) is 7.35. The van der Waals surface area contributed by atoms with Crippen LogP contribution in [0.2, 0.25) is 0 Å². The van der Waals surface area contributed by atoms with Crippen LogP contribution in [-0.4, -0.2) is 52.3 Å². The highest BCUT2D eigenvalue weighted by Crippen LogP contribution is 2.30. The van der Waals surface area contributed by atoms with Crippen molar-refractivity contribution in [2.75, 3.05) is 12.4 Å². The van der Waals surface area contributed by atoms with Crippen LogP contribution in [0.3, 0.4) is 0 Å². The van der Waals surface area contributed by atoms with Gasteiger partial charge in [0, 0.05) is 38.0 Å². The molecule has 0 aliphatic carbocycles. The Kier molecular flexibility index (Phi) is 4.50. The van der Waals surface area contributed by atoms with Crippen LogP contribution in [0.1, 0.15) is 35.6 Å². The molecule has 4 aromatic heterocycles. The monoisotopic (exact) mass is 419 g/mol. The third-order valence-electron chi connectivity index (χ3n) is 5.27. The molecule has 0 bridgehead atoms. The van der Waals surface area contributed by atoms with E-state index in [1.807, 2.05) is 19.2 Å². The third-order valence-corrected chi connectivity index (χ3v) is 5.27. The van der Waals surface area contributed by atoms with Gasteiger partial charge in [-0.2, -0.15) is 5.10 Å². The van der Waals surface area contributed by atoms with Gasteiger partial charge in [-0.25, -0.2) is 9.67 Å². The van der Waals surface area contributed by atoms with Crippen LogP contribution >= 0.6 is 0 Å². The molecule has 1 aliphatic heterocycles. The van der Waals surface area contributed by atoms with Gasteiger partial charge in [0.2, 0.25) is 5.88 Å². The summed E-state index contributed by atoms with van der Waals surface area (Å²) in [5, 5.41) is 20.0. The fourth-order valence-corrected chi connectivity index (χ4v) is 3.72. The first-order chi connectivity index (χ1) is 15.0. The van der Waals surface area contributed by atoms with Crippen molar-refractivity contribution in [2.45, 2.75) is 25.8 Å². The number of hydrogen-bond acceptors (Lipinski definition) is 7. The first kappa shape index (κ1) is 19.0. The standard InChI is InChI=1S/C20H21N9O2/c1-12-7-8-16-23-24-18(29(12)16)14-5-4-6-15(21-14)22-19(30)13-11-28(26-20(13)31-3)17-9-10-27(2)25-17/h4-6,9-12H,7-8H2,1-3H3,(H,21,22,30)/t12-/m0/s1. The van der Waals surface area contributed by atoms with Gasteiger partial charge in [-0.1, -0.05) is 6.07 Å². The molecule has 31 heavy (non-hydrogen) atoms. The largest absolute Gasteiger partial charge is 0.479 e. The maximum Gasteiger partial charge on any atom is 0.263 e. The molecular formula is C20H21N9O2. The summed E-state index contributed by atoms with van der Waals surface area (Å²) < 4.78 is 10.5. The number of aryl methyl sites for hydroxylation is 2. The van der Waals surface area contributed by atoms with Crippen LogP contribution in [-0.2, 0) is 13.5 Å². The molecule has 5 heterocycles. The normalized spacial score (nSPS) is 15.1. The fourth-order valence-electron chi connectivity index (χ4n) is 3.72. The van der Waals surface area contributed by atoms with Gasteiger partial charge >= 0.3 is 0 Å². The SMILES string of the molecule is COc1nn(-c2ccn(C)n2)cc1C(=O)Nc1cccc(-c2nnc3n2[C@@H](C)CC3)n1. The molecule has 0 spiro atoms. The Morgan fingerprint density at radius 1 is 1.23 bits per heavy atom. The summed E-state index contributed by atoms with van der Waals surface area (Å²) in [6, 6.07) is 7.52. The minimum absolute atomic E-state index is 0.198. The Hall–Kier alpha value is -4.02. The van der Waals surface area contributed by atoms with Crippen molar-refractivity contribution < 1.29 is 9.53 Å². The number of nitrogens with zero attached hydrogens (tertiary/aromatic N) is 8. The molecule has 1 N–H and O–H groups in total. The van der Waals surface area contributed by atoms with Crippen LogP contribution in [0.15, 0.2) is 36.7 Å². The number of anilines is 1. The Morgan fingerprint density at radius 3 is 2.87 bits per heavy atom. The average Bonchev–Trinajstić information content (AvgIpc) is 3.53. The van der Waals surface area contributed by atoms with Gasteiger partial charge in [-0.05, 0) is 25.5 Å². The molecule has 11 heteroatoms. The van der Waals surface area contributed by atoms with Gasteiger partial charge in [0.1, 0.15) is 22.9 Å². The van der Waals surface area contributed by atoms with E-state index in [2.05, 4.69) is 42.2 Å². The molecule has 11 nitrogen and oxygen atoms in total. The molecular weight excluding hydrogens is 398 g/mol. The minimum atomic E-state index is -0.386. The number of nitrogens with one attached hydrogen (secondary N) is 1. The number of fused-ring (bicyclic) bond motifs is 1. The van der Waals surface area contributed by atoms with Crippen molar-refractivity contribution in [3.05, 3.63) is 48.0 Å². The zero-order valence-electron chi connectivity index (χ0n) is 17.3. The average molecular weight is 419 g/mol. The highest BCUT2D eigenvalue weighted by molar-refractivity contribution is 6.05. The lowest BCUT2D eigenvalue weighted by Crippen LogP contribution is -2.14. The smallest absolute Gasteiger partial charge is 0.263 e. The summed E-state index contributed by atoms with van der Waals surface area (Å²) in [7, 11) is 3.27. The topological polar surface area (TPSA) is 118 Å². The predicted molar refractivity (Wildman–Crippen MR) is 111 cm³/mol. The minimum Gasteiger partial charge on any atom is -0.479 e. The number of carbonyl (C=O) groups is 1. The van der Waals surface area contributed by atoms with Crippen molar-refractivity contribution in [3.8, 4) is 23.2 Å². The van der Waals surface area contributed by atoms with Crippen molar-refractivity contribution in [1.82, 2.24) is 39.3 Å². The molecule has 1 amide bonds. The summed E-state index contributed by atoms with van der Waals surface area (Å²) in [6.07, 6.45) is 5.31. The van der Waals surface area contributed by atoms with Gasteiger partial charge in [-0.15, -0.1) is 15.3 Å². The molecule has 0 saturated heterocycles. The molecule has 0 radical (unpaired) electrons. The van der Waals surface area contributed by atoms with E-state index in [4.69, 9.17) is 4.74 Å². The number of methoxy groups -OCH3 is 1. The van der Waals surface area contributed by atoms with E-state index >= 15 is 0 Å². The van der Waals surface area contributed by atoms with E-state index in [0.717, 1.165) is 18.7 Å². The molecule has 1 aliphatic rings. The summed E-state index contributed by atoms with van der Waals surface area (Å²) in [4.78, 5) is 17.5. The first-order valence-electron chi connectivity index (χ1n) is 9.89. The summed E-state index contributed by atoms with van der Waals surface area (Å²) in [5.41, 5.74) is 0.929. The number of hydrogen-bond donors (Lipinski definition) is 1. The molecule has 5 rings (SSSR count). The molecule has 0 fully saturated rings. The van der Waals surface area contributed by atoms with Gasteiger partial charge in [-0.3, -0.25) is 9.48 Å². The predicted octanol–water partition coefficient (Wildman–Crippen LogP) is 2.03. The maximum absolute atomic E-state index is 12.9. The number of amides is 1. The number of ether oxygens (including phenoxy) is 1. The van der Waals surface area contributed by atoms with Crippen LogP contribution in [0.4, 0.5) is 5.82 Å². The number of carbonyl (C=O) groups excluding carboxylic acids is 1. The van der Waals surface area contributed by atoms with Crippen LogP contribution in [0.5, 0.6) is 5.88 Å². The Balaban J connectivity index is 1.42. The molecule has 0 saturated carbocycles. The zero-order chi connectivity index (χ0) is 21.5. The lowest BCUT2D eigenvalue weighted by Gasteiger charge is -2.10. The van der Waals surface area contributed by atoms with E-state index < -0.39 is 0 Å². The van der Waals surface area contributed by atoms with Crippen molar-refractivity contribution >= 4 is 11.7 Å². The van der Waals surface area contributed by atoms with Gasteiger partial charge in [0.25, 0.3) is 5.91 Å². The lowest BCUT2D eigenvalue weighted by molar-refractivity contribution is 0.102. The van der Waals surface area contributed by atoms with E-state index in [1.54, 1.807) is 29.2 Å². The highest BCUT2D eigenvalue weighted by Gasteiger charge is 2.25. The van der Waals surface area contributed by atoms with Crippen molar-refractivity contribution in [3.63, 3.8) is 0 Å². The van der Waals surface area contributed by atoms with E-state index in [1.165, 1.54) is 11.8 Å². The first-order valence-corrected chi connectivity index (χ1v) is 9.89. The highest BCUT2D eigenvalue weighted by atomic mass is 16.5. The maximum atomic E-state index is 12.9. The Morgan fingerprint density at radius 2 is 2.10 bits per heavy atom. The second-order valence-electron chi connectivity index (χ2n) is 7.40. The molecule has 0 unspecified atom stereocenters. The number of rotatable bonds is 5. The van der Waals surface area contributed by atoms with Gasteiger partial charge in [0.05, 0.1) is 7.11 Å². The summed E-state index contributed by atoms with van der Waals surface area (Å²) >= 11 is 0. The number of aromatic nitrogens is 8. The van der Waals surface area contributed by atoms with E-state index in [9.17, 15) is 4.79 Å². The molecule has 4 aromatic rings. The lowest BCUT2D eigenvalue weighted by atomic mass is 10.2. The zero-order valence-corrected chi connectivity index (χ0v) is 17.3. The fraction of sp³-hybridized carbons (Fsp3) is 0.300. The Bertz CT molecular complexity index is 1270. The Labute approximate surface area is 177 Å². The molecule has 1 atom stereocenters. The van der Waals surface area contributed by atoms with E-state index in [-0.39, 0.29) is 17.4 Å². The van der Waals surface area contributed by atoms with Gasteiger partial charge < -0.3 is 14.6 Å². The molecule has 0 aromatic carbocycles. The number of pyridine rings is 1. The van der Waals surface area contributed by atoms with Crippen LogP contribution in [0, 0.1) is 0 Å². The van der Waals surface area contributed by atoms with Crippen molar-refractivity contribution in [2.24, 2.45) is 7.05 Å². The van der Waals surface area contributed by atoms with Crippen LogP contribution < -0.4 is 10.1 Å².